The standard InChI is InChI=1S/C23H18ClN3O4S/c1-31-22(30)15-10-8-14(9-11-15)20(28)27-23(32)26-18-6-2-4-16(12-18)21(29)25-19-7-3-5-17(24)13-19/h2-13H,1H3,(H,25,29)(H2,26,27,28,32). The van der Waals surface area contributed by atoms with Crippen molar-refractivity contribution >= 4 is 58.1 Å². The number of hydrogen-bond donors (Lipinski definition) is 3. The Morgan fingerprint density at radius 3 is 2.06 bits per heavy atom. The van der Waals surface area contributed by atoms with Gasteiger partial charge in [0, 0.05) is 27.5 Å². The molecule has 2 amide bonds. The first-order valence-electron chi connectivity index (χ1n) is 9.33. The Morgan fingerprint density at radius 2 is 1.41 bits per heavy atom. The number of amides is 2. The molecule has 0 atom stereocenters. The molecule has 32 heavy (non-hydrogen) atoms. The van der Waals surface area contributed by atoms with Crippen LogP contribution in [-0.2, 0) is 4.74 Å². The van der Waals surface area contributed by atoms with Crippen LogP contribution in [0.3, 0.4) is 0 Å². The molecule has 0 aliphatic carbocycles. The van der Waals surface area contributed by atoms with Gasteiger partial charge in [0.05, 0.1) is 12.7 Å². The number of esters is 1. The number of ether oxygens (including phenoxy) is 1. The molecule has 0 fully saturated rings. The zero-order valence-electron chi connectivity index (χ0n) is 16.8. The highest BCUT2D eigenvalue weighted by Crippen LogP contribution is 2.17. The van der Waals surface area contributed by atoms with E-state index in [1.54, 1.807) is 48.5 Å². The van der Waals surface area contributed by atoms with E-state index >= 15 is 0 Å². The summed E-state index contributed by atoms with van der Waals surface area (Å²) < 4.78 is 4.63. The number of benzene rings is 3. The van der Waals surface area contributed by atoms with Crippen molar-refractivity contribution in [1.82, 2.24) is 5.32 Å². The summed E-state index contributed by atoms with van der Waals surface area (Å²) in [5, 5.41) is 8.76. The van der Waals surface area contributed by atoms with E-state index in [0.29, 0.717) is 33.1 Å². The van der Waals surface area contributed by atoms with Crippen LogP contribution < -0.4 is 16.0 Å². The van der Waals surface area contributed by atoms with Gasteiger partial charge < -0.3 is 15.4 Å². The summed E-state index contributed by atoms with van der Waals surface area (Å²) >= 11 is 11.1. The first-order chi connectivity index (χ1) is 15.4. The third kappa shape index (κ3) is 6.13. The second-order valence-electron chi connectivity index (χ2n) is 6.52. The van der Waals surface area contributed by atoms with Crippen molar-refractivity contribution in [3.05, 3.63) is 94.5 Å². The monoisotopic (exact) mass is 467 g/mol. The molecule has 0 saturated carbocycles. The molecule has 3 N–H and O–H groups in total. The van der Waals surface area contributed by atoms with E-state index in [9.17, 15) is 14.4 Å². The minimum Gasteiger partial charge on any atom is -0.465 e. The van der Waals surface area contributed by atoms with Crippen molar-refractivity contribution in [2.45, 2.75) is 0 Å². The van der Waals surface area contributed by atoms with E-state index in [4.69, 9.17) is 23.8 Å². The van der Waals surface area contributed by atoms with Gasteiger partial charge in [-0.2, -0.15) is 0 Å². The minimum absolute atomic E-state index is 0.0550. The van der Waals surface area contributed by atoms with Crippen LogP contribution in [0.1, 0.15) is 31.1 Å². The van der Waals surface area contributed by atoms with Gasteiger partial charge in [0.15, 0.2) is 5.11 Å². The van der Waals surface area contributed by atoms with Crippen molar-refractivity contribution < 1.29 is 19.1 Å². The zero-order chi connectivity index (χ0) is 23.1. The molecule has 0 aromatic heterocycles. The summed E-state index contributed by atoms with van der Waals surface area (Å²) in [5.41, 5.74) is 2.13. The largest absolute Gasteiger partial charge is 0.465 e. The topological polar surface area (TPSA) is 96.5 Å². The Labute approximate surface area is 194 Å². The highest BCUT2D eigenvalue weighted by Gasteiger charge is 2.12. The van der Waals surface area contributed by atoms with Gasteiger partial charge in [-0.05, 0) is 72.9 Å². The quantitative estimate of drug-likeness (QED) is 0.377. The third-order valence-corrected chi connectivity index (χ3v) is 4.70. The minimum atomic E-state index is -0.492. The molecule has 0 bridgehead atoms. The molecule has 3 aromatic carbocycles. The van der Waals surface area contributed by atoms with Crippen LogP contribution in [0.5, 0.6) is 0 Å². The smallest absolute Gasteiger partial charge is 0.337 e. The van der Waals surface area contributed by atoms with Gasteiger partial charge in [0.25, 0.3) is 11.8 Å². The van der Waals surface area contributed by atoms with Crippen molar-refractivity contribution in [3.63, 3.8) is 0 Å². The lowest BCUT2D eigenvalue weighted by atomic mass is 10.1. The van der Waals surface area contributed by atoms with Gasteiger partial charge in [0.2, 0.25) is 0 Å². The van der Waals surface area contributed by atoms with Crippen molar-refractivity contribution in [1.29, 1.82) is 0 Å². The molecule has 0 spiro atoms. The average molecular weight is 468 g/mol. The lowest BCUT2D eigenvalue weighted by molar-refractivity contribution is 0.0600. The predicted octanol–water partition coefficient (Wildman–Crippen LogP) is 4.51. The molecule has 0 aliphatic heterocycles. The summed E-state index contributed by atoms with van der Waals surface area (Å²) in [6.07, 6.45) is 0. The molecule has 3 rings (SSSR count). The number of hydrogen-bond acceptors (Lipinski definition) is 5. The molecule has 0 saturated heterocycles. The lowest BCUT2D eigenvalue weighted by Gasteiger charge is -2.11. The maximum absolute atomic E-state index is 12.5. The van der Waals surface area contributed by atoms with Gasteiger partial charge >= 0.3 is 5.97 Å². The van der Waals surface area contributed by atoms with Crippen molar-refractivity contribution in [2.24, 2.45) is 0 Å². The number of thiocarbonyl (C=S) groups is 1. The number of halogens is 1. The number of nitrogens with one attached hydrogen (secondary N) is 3. The van der Waals surface area contributed by atoms with Crippen LogP contribution in [0.2, 0.25) is 5.02 Å². The summed E-state index contributed by atoms with van der Waals surface area (Å²) in [4.78, 5) is 36.4. The zero-order valence-corrected chi connectivity index (χ0v) is 18.4. The first-order valence-corrected chi connectivity index (χ1v) is 10.1. The van der Waals surface area contributed by atoms with E-state index in [1.165, 1.54) is 31.4 Å². The molecule has 0 radical (unpaired) electrons. The van der Waals surface area contributed by atoms with E-state index in [0.717, 1.165) is 0 Å². The Balaban J connectivity index is 1.61. The van der Waals surface area contributed by atoms with E-state index < -0.39 is 11.9 Å². The van der Waals surface area contributed by atoms with Crippen LogP contribution in [-0.4, -0.2) is 30.0 Å². The summed E-state index contributed by atoms with van der Waals surface area (Å²) in [6.45, 7) is 0. The fraction of sp³-hybridized carbons (Fsp3) is 0.0435. The Bertz CT molecular complexity index is 1180. The number of rotatable bonds is 5. The van der Waals surface area contributed by atoms with Crippen LogP contribution >= 0.6 is 23.8 Å². The molecule has 3 aromatic rings. The first kappa shape index (κ1) is 22.9. The second-order valence-corrected chi connectivity index (χ2v) is 7.37. The predicted molar refractivity (Wildman–Crippen MR) is 127 cm³/mol. The molecule has 7 nitrogen and oxygen atoms in total. The van der Waals surface area contributed by atoms with Gasteiger partial charge in [-0.25, -0.2) is 4.79 Å². The Kier molecular flexibility index (Phi) is 7.54. The van der Waals surface area contributed by atoms with Crippen LogP contribution in [0.25, 0.3) is 0 Å². The molecule has 162 valence electrons. The third-order valence-electron chi connectivity index (χ3n) is 4.26. The van der Waals surface area contributed by atoms with E-state index in [1.807, 2.05) is 0 Å². The fourth-order valence-electron chi connectivity index (χ4n) is 2.72. The summed E-state index contributed by atoms with van der Waals surface area (Å²) in [5.74, 6) is -1.27. The van der Waals surface area contributed by atoms with Gasteiger partial charge in [-0.15, -0.1) is 0 Å². The average Bonchev–Trinajstić information content (AvgIpc) is 2.78. The SMILES string of the molecule is COC(=O)c1ccc(C(=O)NC(=S)Nc2cccc(C(=O)Nc3cccc(Cl)c3)c2)cc1. The summed E-state index contributed by atoms with van der Waals surface area (Å²) in [7, 11) is 1.28. The van der Waals surface area contributed by atoms with Gasteiger partial charge in [-0.1, -0.05) is 23.7 Å². The van der Waals surface area contributed by atoms with E-state index in [2.05, 4.69) is 20.7 Å². The normalized spacial score (nSPS) is 10.1. The highest BCUT2D eigenvalue weighted by molar-refractivity contribution is 7.80. The molecule has 0 unspecified atom stereocenters. The number of carbonyl (C=O) groups excluding carboxylic acids is 3. The second kappa shape index (κ2) is 10.5. The number of methoxy groups -OCH3 is 1. The Morgan fingerprint density at radius 1 is 0.781 bits per heavy atom. The molecule has 0 aliphatic rings. The van der Waals surface area contributed by atoms with Crippen LogP contribution in [0.15, 0.2) is 72.8 Å². The highest BCUT2D eigenvalue weighted by atomic mass is 35.5. The maximum atomic E-state index is 12.5. The maximum Gasteiger partial charge on any atom is 0.337 e. The summed E-state index contributed by atoms with van der Waals surface area (Å²) in [6, 6.07) is 19.4. The molecule has 9 heteroatoms. The number of carbonyl (C=O) groups is 3. The van der Waals surface area contributed by atoms with Gasteiger partial charge in [-0.3, -0.25) is 14.9 Å². The molecule has 0 heterocycles. The van der Waals surface area contributed by atoms with Crippen LogP contribution in [0.4, 0.5) is 11.4 Å². The molecular formula is C23H18ClN3O4S. The Hall–Kier alpha value is -3.75. The van der Waals surface area contributed by atoms with Crippen LogP contribution in [0, 0.1) is 0 Å². The van der Waals surface area contributed by atoms with Crippen molar-refractivity contribution in [3.8, 4) is 0 Å². The van der Waals surface area contributed by atoms with Gasteiger partial charge in [0.1, 0.15) is 0 Å². The lowest BCUT2D eigenvalue weighted by Crippen LogP contribution is -2.34. The van der Waals surface area contributed by atoms with E-state index in [-0.39, 0.29) is 11.0 Å². The number of anilines is 2. The van der Waals surface area contributed by atoms with Crippen molar-refractivity contribution in [2.75, 3.05) is 17.7 Å². The fourth-order valence-corrected chi connectivity index (χ4v) is 3.12. The molecular weight excluding hydrogens is 450 g/mol.